The molecule has 0 saturated carbocycles. The molecule has 23 heavy (non-hydrogen) atoms. The van der Waals surface area contributed by atoms with Crippen molar-refractivity contribution in [1.29, 1.82) is 5.26 Å². The van der Waals surface area contributed by atoms with Gasteiger partial charge in [0.15, 0.2) is 0 Å². The van der Waals surface area contributed by atoms with Crippen LogP contribution in [0, 0.1) is 10.7 Å². The average Bonchev–Trinajstić information content (AvgIpc) is 2.37. The Labute approximate surface area is 142 Å². The van der Waals surface area contributed by atoms with Gasteiger partial charge in [0.25, 0.3) is 5.91 Å². The van der Waals surface area contributed by atoms with Gasteiger partial charge in [-0.2, -0.15) is 5.26 Å². The number of hydrogen-bond acceptors (Lipinski definition) is 4. The molecule has 0 bridgehead atoms. The Hall–Kier alpha value is -1.93. The minimum absolute atomic E-state index is 0.179. The summed E-state index contributed by atoms with van der Waals surface area (Å²) < 4.78 is 0. The molecule has 0 unspecified atom stereocenters. The van der Waals surface area contributed by atoms with Crippen molar-refractivity contribution >= 4 is 23.7 Å². The fourth-order valence-corrected chi connectivity index (χ4v) is 2.63. The molecule has 1 rings (SSSR count). The first-order chi connectivity index (χ1) is 10.4. The minimum atomic E-state index is -0.640. The van der Waals surface area contributed by atoms with Crippen LogP contribution in [0.15, 0.2) is 17.0 Å². The third-order valence-corrected chi connectivity index (χ3v) is 4.07. The van der Waals surface area contributed by atoms with Crippen molar-refractivity contribution in [3.05, 3.63) is 33.7 Å². The van der Waals surface area contributed by atoms with Crippen LogP contribution in [-0.4, -0.2) is 11.0 Å². The van der Waals surface area contributed by atoms with E-state index < -0.39 is 5.91 Å². The van der Waals surface area contributed by atoms with Gasteiger partial charge in [-0.15, -0.1) is 0 Å². The van der Waals surface area contributed by atoms with E-state index in [0.29, 0.717) is 0 Å². The number of phenolic OH excluding ortho intramolecular Hbond substituents is 1. The maximum atomic E-state index is 11.5. The molecule has 4 nitrogen and oxygen atoms in total. The molecule has 0 aliphatic heterocycles. The smallest absolute Gasteiger partial charge is 0.256 e. The molecule has 124 valence electrons. The van der Waals surface area contributed by atoms with Gasteiger partial charge in [-0.05, 0) is 46.4 Å². The van der Waals surface area contributed by atoms with Crippen molar-refractivity contribution in [2.24, 2.45) is 5.73 Å². The molecule has 0 radical (unpaired) electrons. The van der Waals surface area contributed by atoms with Crippen LogP contribution in [0.3, 0.4) is 0 Å². The van der Waals surface area contributed by atoms with Crippen molar-refractivity contribution in [2.45, 2.75) is 52.4 Å². The summed E-state index contributed by atoms with van der Waals surface area (Å²) in [4.78, 5) is 11.6. The lowest BCUT2D eigenvalue weighted by Gasteiger charge is -2.28. The summed E-state index contributed by atoms with van der Waals surface area (Å²) in [6.45, 7) is 12.1. The summed E-state index contributed by atoms with van der Waals surface area (Å²) in [7, 11) is 0. The molecule has 0 fully saturated rings. The molecule has 1 aromatic rings. The van der Waals surface area contributed by atoms with Crippen molar-refractivity contribution in [3.8, 4) is 11.2 Å². The van der Waals surface area contributed by atoms with Crippen LogP contribution in [0.25, 0.3) is 6.08 Å². The minimum Gasteiger partial charge on any atom is -0.507 e. The first-order valence-electron chi connectivity index (χ1n) is 7.33. The van der Waals surface area contributed by atoms with E-state index in [1.165, 1.54) is 0 Å². The molecule has 1 aromatic carbocycles. The number of nitrogens with zero attached hydrogens (tertiary/aromatic N) is 1. The first kappa shape index (κ1) is 19.1. The van der Waals surface area contributed by atoms with Gasteiger partial charge in [0.2, 0.25) is 0 Å². The van der Waals surface area contributed by atoms with E-state index in [2.05, 4.69) is 0 Å². The molecule has 3 N–H and O–H groups in total. The largest absolute Gasteiger partial charge is 0.507 e. The number of carbonyl (C=O) groups excluding carboxylic acids is 1. The maximum Gasteiger partial charge on any atom is 0.256 e. The molecule has 1 amide bonds. The van der Waals surface area contributed by atoms with E-state index in [1.807, 2.05) is 59.1 Å². The van der Waals surface area contributed by atoms with E-state index in [0.717, 1.165) is 28.5 Å². The predicted molar refractivity (Wildman–Crippen MR) is 95.9 cm³/mol. The summed E-state index contributed by atoms with van der Waals surface area (Å²) in [6, 6.07) is 3.68. The number of nitrogens with two attached hydrogens (primary N) is 1. The molecule has 0 aliphatic rings. The Morgan fingerprint density at radius 3 is 1.91 bits per heavy atom. The number of nitriles is 1. The number of thiocyanates is 1. The van der Waals surface area contributed by atoms with Crippen molar-refractivity contribution in [1.82, 2.24) is 0 Å². The summed E-state index contributed by atoms with van der Waals surface area (Å²) >= 11 is 0.740. The lowest BCUT2D eigenvalue weighted by molar-refractivity contribution is -0.113. The zero-order valence-electron chi connectivity index (χ0n) is 14.5. The Morgan fingerprint density at radius 2 is 1.61 bits per heavy atom. The molecule has 5 heteroatoms. The summed E-state index contributed by atoms with van der Waals surface area (Å²) in [5, 5.41) is 21.3. The second-order valence-corrected chi connectivity index (χ2v) is 8.36. The predicted octanol–water partition coefficient (Wildman–Crippen LogP) is 4.03. The zero-order chi connectivity index (χ0) is 18.0. The Balaban J connectivity index is 3.66. The summed E-state index contributed by atoms with van der Waals surface area (Å²) in [5.41, 5.74) is 7.13. The third kappa shape index (κ3) is 4.77. The van der Waals surface area contributed by atoms with E-state index in [-0.39, 0.29) is 21.5 Å². The number of amides is 1. The van der Waals surface area contributed by atoms with Gasteiger partial charge < -0.3 is 10.8 Å². The monoisotopic (exact) mass is 332 g/mol. The molecule has 0 aliphatic carbocycles. The highest BCUT2D eigenvalue weighted by Crippen LogP contribution is 2.40. The highest BCUT2D eigenvalue weighted by molar-refractivity contribution is 8.08. The van der Waals surface area contributed by atoms with Crippen LogP contribution in [0.1, 0.15) is 58.2 Å². The Kier molecular flexibility index (Phi) is 5.55. The zero-order valence-corrected chi connectivity index (χ0v) is 15.3. The van der Waals surface area contributed by atoms with Crippen molar-refractivity contribution < 1.29 is 9.90 Å². The van der Waals surface area contributed by atoms with Gasteiger partial charge in [0.1, 0.15) is 11.2 Å². The number of phenols is 1. The van der Waals surface area contributed by atoms with Crippen LogP contribution in [0.5, 0.6) is 5.75 Å². The maximum absolute atomic E-state index is 11.5. The molecular weight excluding hydrogens is 308 g/mol. The topological polar surface area (TPSA) is 87.1 Å². The highest BCUT2D eigenvalue weighted by atomic mass is 32.2. The van der Waals surface area contributed by atoms with E-state index in [1.54, 1.807) is 6.08 Å². The van der Waals surface area contributed by atoms with Crippen molar-refractivity contribution in [2.75, 3.05) is 0 Å². The average molecular weight is 332 g/mol. The van der Waals surface area contributed by atoms with Crippen LogP contribution < -0.4 is 5.73 Å². The van der Waals surface area contributed by atoms with Gasteiger partial charge in [-0.3, -0.25) is 4.79 Å². The van der Waals surface area contributed by atoms with Crippen LogP contribution >= 0.6 is 11.8 Å². The number of thioether (sulfide) groups is 1. The lowest BCUT2D eigenvalue weighted by Crippen LogP contribution is -2.17. The number of benzene rings is 1. The second-order valence-electron chi connectivity index (χ2n) is 7.53. The number of hydrogen-bond donors (Lipinski definition) is 2. The molecule has 0 saturated heterocycles. The van der Waals surface area contributed by atoms with Crippen LogP contribution in [0.4, 0.5) is 0 Å². The summed E-state index contributed by atoms with van der Waals surface area (Å²) in [6.07, 6.45) is 1.60. The van der Waals surface area contributed by atoms with Gasteiger partial charge in [0.05, 0.1) is 4.91 Å². The number of aromatic hydroxyl groups is 1. The van der Waals surface area contributed by atoms with Crippen LogP contribution in [0.2, 0.25) is 0 Å². The van der Waals surface area contributed by atoms with E-state index in [9.17, 15) is 9.90 Å². The molecule has 0 heterocycles. The van der Waals surface area contributed by atoms with E-state index in [4.69, 9.17) is 11.0 Å². The number of carbonyl (C=O) groups is 1. The molecular formula is C18H24N2O2S. The Bertz CT molecular complexity index is 651. The third-order valence-electron chi connectivity index (χ3n) is 3.44. The van der Waals surface area contributed by atoms with Gasteiger partial charge in [-0.1, -0.05) is 41.5 Å². The van der Waals surface area contributed by atoms with Gasteiger partial charge in [0, 0.05) is 11.1 Å². The number of primary amides is 1. The van der Waals surface area contributed by atoms with Crippen molar-refractivity contribution in [3.63, 3.8) is 0 Å². The van der Waals surface area contributed by atoms with Gasteiger partial charge in [-0.25, -0.2) is 0 Å². The van der Waals surface area contributed by atoms with Gasteiger partial charge >= 0.3 is 0 Å². The number of rotatable bonds is 3. The Morgan fingerprint density at radius 1 is 1.17 bits per heavy atom. The fourth-order valence-electron chi connectivity index (χ4n) is 2.23. The van der Waals surface area contributed by atoms with E-state index >= 15 is 0 Å². The van der Waals surface area contributed by atoms with Crippen LogP contribution in [-0.2, 0) is 15.6 Å². The highest BCUT2D eigenvalue weighted by Gasteiger charge is 2.26. The normalized spacial score (nSPS) is 12.8. The standard InChI is InChI=1S/C18H24N2O2S/c1-17(2,3)12-7-11(9-14(16(20)22)23-10-19)8-13(15(12)21)18(4,5)6/h7-9,21H,1-6H3,(H2,20,22). The molecule has 0 aromatic heterocycles. The fraction of sp³-hybridized carbons (Fsp3) is 0.444. The molecule has 0 atom stereocenters. The quantitative estimate of drug-likeness (QED) is 0.646. The molecule has 0 spiro atoms. The lowest BCUT2D eigenvalue weighted by atomic mass is 9.78. The summed E-state index contributed by atoms with van der Waals surface area (Å²) in [5.74, 6) is -0.366. The SMILES string of the molecule is CC(C)(C)c1cc(C=C(SC#N)C(N)=O)cc(C(C)(C)C)c1O. The second kappa shape index (κ2) is 6.67. The first-order valence-corrected chi connectivity index (χ1v) is 8.15.